The molecule has 0 aliphatic carbocycles. The van der Waals surface area contributed by atoms with E-state index in [0.717, 1.165) is 11.5 Å². The van der Waals surface area contributed by atoms with Crippen molar-refractivity contribution >= 4 is 11.3 Å². The maximum Gasteiger partial charge on any atom is 0.162 e. The highest BCUT2D eigenvalue weighted by atomic mass is 15.2. The Hall–Kier alpha value is -1.58. The van der Waals surface area contributed by atoms with Crippen LogP contribution in [0.15, 0.2) is 18.3 Å². The standard InChI is InChI=1S/C11H14N4/c1-9-12-13-11-8-10(4-7-15(9)11)14-5-2-3-6-14/h4,7-8H,2-3,5-6H2,1H3. The second-order valence-electron chi connectivity index (χ2n) is 4.05. The van der Waals surface area contributed by atoms with Gasteiger partial charge < -0.3 is 4.90 Å². The molecule has 3 heterocycles. The Morgan fingerprint density at radius 1 is 1.20 bits per heavy atom. The number of pyridine rings is 1. The lowest BCUT2D eigenvalue weighted by atomic mass is 10.3. The van der Waals surface area contributed by atoms with E-state index in [-0.39, 0.29) is 0 Å². The molecule has 0 atom stereocenters. The number of rotatable bonds is 1. The van der Waals surface area contributed by atoms with Crippen LogP contribution in [0.25, 0.3) is 5.65 Å². The molecule has 1 fully saturated rings. The highest BCUT2D eigenvalue weighted by Crippen LogP contribution is 2.21. The summed E-state index contributed by atoms with van der Waals surface area (Å²) in [6.45, 7) is 4.31. The van der Waals surface area contributed by atoms with Gasteiger partial charge in [0.05, 0.1) is 0 Å². The topological polar surface area (TPSA) is 33.4 Å². The van der Waals surface area contributed by atoms with Crippen molar-refractivity contribution in [3.8, 4) is 0 Å². The van der Waals surface area contributed by atoms with Gasteiger partial charge in [0.1, 0.15) is 5.82 Å². The lowest BCUT2D eigenvalue weighted by molar-refractivity contribution is 0.949. The Morgan fingerprint density at radius 2 is 2.00 bits per heavy atom. The van der Waals surface area contributed by atoms with E-state index in [2.05, 4.69) is 33.4 Å². The fraction of sp³-hybridized carbons (Fsp3) is 0.455. The fourth-order valence-corrected chi connectivity index (χ4v) is 2.17. The summed E-state index contributed by atoms with van der Waals surface area (Å²) in [7, 11) is 0. The average molecular weight is 202 g/mol. The summed E-state index contributed by atoms with van der Waals surface area (Å²) >= 11 is 0. The van der Waals surface area contributed by atoms with Gasteiger partial charge in [-0.2, -0.15) is 0 Å². The van der Waals surface area contributed by atoms with E-state index in [1.54, 1.807) is 0 Å². The average Bonchev–Trinajstić information content (AvgIpc) is 2.88. The van der Waals surface area contributed by atoms with Crippen molar-refractivity contribution in [1.82, 2.24) is 14.6 Å². The molecule has 1 saturated heterocycles. The Kier molecular flexibility index (Phi) is 1.87. The highest BCUT2D eigenvalue weighted by Gasteiger charge is 2.13. The summed E-state index contributed by atoms with van der Waals surface area (Å²) < 4.78 is 2.01. The van der Waals surface area contributed by atoms with Gasteiger partial charge >= 0.3 is 0 Å². The van der Waals surface area contributed by atoms with Crippen molar-refractivity contribution in [2.45, 2.75) is 19.8 Å². The van der Waals surface area contributed by atoms with Crippen molar-refractivity contribution in [3.05, 3.63) is 24.2 Å². The van der Waals surface area contributed by atoms with E-state index in [4.69, 9.17) is 0 Å². The molecule has 15 heavy (non-hydrogen) atoms. The van der Waals surface area contributed by atoms with Gasteiger partial charge in [-0.25, -0.2) is 0 Å². The van der Waals surface area contributed by atoms with Gasteiger partial charge in [0.2, 0.25) is 0 Å². The number of hydrogen-bond acceptors (Lipinski definition) is 3. The van der Waals surface area contributed by atoms with Crippen LogP contribution in [0.5, 0.6) is 0 Å². The third-order valence-electron chi connectivity index (χ3n) is 3.04. The molecule has 4 heteroatoms. The summed E-state index contributed by atoms with van der Waals surface area (Å²) in [5, 5.41) is 8.19. The van der Waals surface area contributed by atoms with Crippen molar-refractivity contribution in [2.75, 3.05) is 18.0 Å². The van der Waals surface area contributed by atoms with Crippen LogP contribution >= 0.6 is 0 Å². The van der Waals surface area contributed by atoms with Crippen LogP contribution in [-0.4, -0.2) is 27.7 Å². The maximum atomic E-state index is 4.14. The van der Waals surface area contributed by atoms with E-state index in [1.807, 2.05) is 11.3 Å². The molecule has 78 valence electrons. The summed E-state index contributed by atoms with van der Waals surface area (Å²) in [6, 6.07) is 4.26. The smallest absolute Gasteiger partial charge is 0.162 e. The second-order valence-corrected chi connectivity index (χ2v) is 4.05. The van der Waals surface area contributed by atoms with E-state index in [1.165, 1.54) is 31.6 Å². The Balaban J connectivity index is 2.05. The highest BCUT2D eigenvalue weighted by molar-refractivity contribution is 5.56. The minimum absolute atomic E-state index is 0.942. The van der Waals surface area contributed by atoms with Crippen LogP contribution in [0.2, 0.25) is 0 Å². The first kappa shape index (κ1) is 8.71. The molecule has 0 spiro atoms. The lowest BCUT2D eigenvalue weighted by Crippen LogP contribution is -2.17. The zero-order chi connectivity index (χ0) is 10.3. The third kappa shape index (κ3) is 1.37. The molecule has 4 nitrogen and oxygen atoms in total. The zero-order valence-corrected chi connectivity index (χ0v) is 8.85. The fourth-order valence-electron chi connectivity index (χ4n) is 2.17. The summed E-state index contributed by atoms with van der Waals surface area (Å²) in [5.41, 5.74) is 2.21. The maximum absolute atomic E-state index is 4.14. The van der Waals surface area contributed by atoms with Crippen molar-refractivity contribution in [3.63, 3.8) is 0 Å². The molecule has 0 bridgehead atoms. The van der Waals surface area contributed by atoms with Crippen molar-refractivity contribution in [1.29, 1.82) is 0 Å². The molecule has 0 unspecified atom stereocenters. The summed E-state index contributed by atoms with van der Waals surface area (Å²) in [5.74, 6) is 0.943. The molecule has 3 rings (SSSR count). The first-order valence-corrected chi connectivity index (χ1v) is 5.41. The minimum Gasteiger partial charge on any atom is -0.371 e. The molecule has 2 aromatic rings. The largest absolute Gasteiger partial charge is 0.371 e. The Labute approximate surface area is 88.5 Å². The van der Waals surface area contributed by atoms with E-state index in [0.29, 0.717) is 0 Å². The molecule has 1 aliphatic rings. The zero-order valence-electron chi connectivity index (χ0n) is 8.85. The molecule has 0 N–H and O–H groups in total. The number of hydrogen-bond donors (Lipinski definition) is 0. The van der Waals surface area contributed by atoms with Gasteiger partial charge in [-0.3, -0.25) is 4.40 Å². The van der Waals surface area contributed by atoms with Crippen molar-refractivity contribution < 1.29 is 0 Å². The number of fused-ring (bicyclic) bond motifs is 1. The van der Waals surface area contributed by atoms with E-state index >= 15 is 0 Å². The molecule has 0 radical (unpaired) electrons. The molecular formula is C11H14N4. The normalized spacial score (nSPS) is 16.5. The van der Waals surface area contributed by atoms with Crippen LogP contribution in [0.4, 0.5) is 5.69 Å². The van der Waals surface area contributed by atoms with Gasteiger partial charge in [0.15, 0.2) is 5.65 Å². The minimum atomic E-state index is 0.942. The van der Waals surface area contributed by atoms with E-state index in [9.17, 15) is 0 Å². The van der Waals surface area contributed by atoms with E-state index < -0.39 is 0 Å². The Morgan fingerprint density at radius 3 is 2.80 bits per heavy atom. The first-order chi connectivity index (χ1) is 7.34. The molecule has 1 aliphatic heterocycles. The van der Waals surface area contributed by atoms with Crippen LogP contribution in [0.1, 0.15) is 18.7 Å². The lowest BCUT2D eigenvalue weighted by Gasteiger charge is -2.17. The number of nitrogens with zero attached hydrogens (tertiary/aromatic N) is 4. The number of aryl methyl sites for hydroxylation is 1. The van der Waals surface area contributed by atoms with Gasteiger partial charge in [0, 0.05) is 31.0 Å². The summed E-state index contributed by atoms with van der Waals surface area (Å²) in [6.07, 6.45) is 4.66. The second kappa shape index (κ2) is 3.22. The molecule has 0 amide bonds. The number of aromatic nitrogens is 3. The predicted molar refractivity (Wildman–Crippen MR) is 59.2 cm³/mol. The van der Waals surface area contributed by atoms with Crippen molar-refractivity contribution in [2.24, 2.45) is 0 Å². The van der Waals surface area contributed by atoms with Gasteiger partial charge in [-0.05, 0) is 25.8 Å². The predicted octanol–water partition coefficient (Wildman–Crippen LogP) is 1.64. The van der Waals surface area contributed by atoms with Gasteiger partial charge in [0.25, 0.3) is 0 Å². The van der Waals surface area contributed by atoms with Crippen LogP contribution < -0.4 is 4.90 Å². The molecule has 0 saturated carbocycles. The van der Waals surface area contributed by atoms with Crippen LogP contribution in [-0.2, 0) is 0 Å². The van der Waals surface area contributed by atoms with Crippen LogP contribution in [0.3, 0.4) is 0 Å². The molecule has 0 aromatic carbocycles. The third-order valence-corrected chi connectivity index (χ3v) is 3.04. The summed E-state index contributed by atoms with van der Waals surface area (Å²) in [4.78, 5) is 2.41. The molecular weight excluding hydrogens is 188 g/mol. The van der Waals surface area contributed by atoms with Gasteiger partial charge in [-0.15, -0.1) is 10.2 Å². The SMILES string of the molecule is Cc1nnc2cc(N3CCCC3)ccn12. The molecule has 2 aromatic heterocycles. The Bertz CT molecular complexity index is 482. The van der Waals surface area contributed by atoms with Crippen LogP contribution in [0, 0.1) is 6.92 Å². The van der Waals surface area contributed by atoms with Gasteiger partial charge in [-0.1, -0.05) is 0 Å². The first-order valence-electron chi connectivity index (χ1n) is 5.41. The number of anilines is 1. The quantitative estimate of drug-likeness (QED) is 0.705. The monoisotopic (exact) mass is 202 g/mol.